The molecule has 1 atom stereocenters. The van der Waals surface area contributed by atoms with Gasteiger partial charge in [-0.1, -0.05) is 12.8 Å². The van der Waals surface area contributed by atoms with E-state index in [9.17, 15) is 9.90 Å². The predicted molar refractivity (Wildman–Crippen MR) is 83.1 cm³/mol. The molecule has 1 fully saturated rings. The number of unbranched alkanes of at least 4 members (excludes halogenated alkanes) is 1. The molecular weight excluding hydrogens is 252 g/mol. The van der Waals surface area contributed by atoms with Crippen LogP contribution in [-0.2, 0) is 4.79 Å². The predicted octanol–water partition coefficient (Wildman–Crippen LogP) is 2.87. The number of carbonyl (C=O) groups is 1. The molecule has 4 heteroatoms. The van der Waals surface area contributed by atoms with Gasteiger partial charge in [-0.3, -0.25) is 10.1 Å². The summed E-state index contributed by atoms with van der Waals surface area (Å²) in [5.41, 5.74) is -0.785. The van der Waals surface area contributed by atoms with E-state index in [-0.39, 0.29) is 6.04 Å². The molecule has 20 heavy (non-hydrogen) atoms. The molecule has 4 nitrogen and oxygen atoms in total. The van der Waals surface area contributed by atoms with Crippen LogP contribution in [0.4, 0.5) is 0 Å². The Hall–Kier alpha value is -0.610. The van der Waals surface area contributed by atoms with E-state index in [1.807, 2.05) is 13.8 Å². The third-order valence-electron chi connectivity index (χ3n) is 4.18. The second-order valence-electron chi connectivity index (χ2n) is 6.65. The maximum Gasteiger partial charge on any atom is 0.323 e. The molecule has 0 aliphatic carbocycles. The van der Waals surface area contributed by atoms with Crippen LogP contribution >= 0.6 is 0 Å². The number of rotatable bonds is 8. The molecule has 0 bridgehead atoms. The third kappa shape index (κ3) is 6.23. The summed E-state index contributed by atoms with van der Waals surface area (Å²) in [4.78, 5) is 14.0. The SMILES string of the molecule is CC(C)NC(C)(CCCCN1CCCCCC1)C(=O)O. The van der Waals surface area contributed by atoms with Crippen molar-refractivity contribution in [2.45, 2.75) is 77.3 Å². The highest BCUT2D eigenvalue weighted by molar-refractivity contribution is 5.78. The average Bonchev–Trinajstić information content (AvgIpc) is 2.62. The normalized spacial score (nSPS) is 20.6. The smallest absolute Gasteiger partial charge is 0.323 e. The zero-order valence-electron chi connectivity index (χ0n) is 13.5. The van der Waals surface area contributed by atoms with E-state index in [0.29, 0.717) is 6.42 Å². The summed E-state index contributed by atoms with van der Waals surface area (Å²) in [5.74, 6) is -0.735. The molecule has 1 saturated heterocycles. The molecule has 1 aliphatic heterocycles. The molecule has 0 aromatic carbocycles. The molecule has 0 radical (unpaired) electrons. The van der Waals surface area contributed by atoms with Crippen molar-refractivity contribution in [3.05, 3.63) is 0 Å². The van der Waals surface area contributed by atoms with Crippen molar-refractivity contribution >= 4 is 5.97 Å². The number of carboxylic acids is 1. The Kier molecular flexibility index (Phi) is 7.52. The zero-order chi connectivity index (χ0) is 15.0. The quantitative estimate of drug-likeness (QED) is 0.673. The van der Waals surface area contributed by atoms with Crippen LogP contribution < -0.4 is 5.32 Å². The van der Waals surface area contributed by atoms with Gasteiger partial charge in [-0.05, 0) is 72.5 Å². The topological polar surface area (TPSA) is 52.6 Å². The highest BCUT2D eigenvalue weighted by Gasteiger charge is 2.32. The molecule has 1 heterocycles. The first-order valence-electron chi connectivity index (χ1n) is 8.17. The van der Waals surface area contributed by atoms with E-state index in [1.165, 1.54) is 38.8 Å². The van der Waals surface area contributed by atoms with Crippen molar-refractivity contribution in [1.82, 2.24) is 10.2 Å². The molecule has 0 amide bonds. The average molecular weight is 284 g/mol. The standard InChI is InChI=1S/C16H32N2O2/c1-14(2)17-16(3,15(19)20)10-6-9-13-18-11-7-4-5-8-12-18/h14,17H,4-13H2,1-3H3,(H,19,20). The van der Waals surface area contributed by atoms with E-state index >= 15 is 0 Å². The Bertz CT molecular complexity index is 286. The minimum Gasteiger partial charge on any atom is -0.480 e. The monoisotopic (exact) mass is 284 g/mol. The van der Waals surface area contributed by atoms with Gasteiger partial charge in [0.2, 0.25) is 0 Å². The van der Waals surface area contributed by atoms with Crippen molar-refractivity contribution in [1.29, 1.82) is 0 Å². The summed E-state index contributed by atoms with van der Waals surface area (Å²) in [7, 11) is 0. The minimum atomic E-state index is -0.785. The van der Waals surface area contributed by atoms with Crippen LogP contribution in [0.2, 0.25) is 0 Å². The van der Waals surface area contributed by atoms with E-state index < -0.39 is 11.5 Å². The molecule has 0 aromatic heterocycles. The van der Waals surface area contributed by atoms with Gasteiger partial charge in [0.1, 0.15) is 5.54 Å². The Balaban J connectivity index is 2.28. The number of nitrogens with zero attached hydrogens (tertiary/aromatic N) is 1. The van der Waals surface area contributed by atoms with E-state index in [2.05, 4.69) is 10.2 Å². The fourth-order valence-corrected chi connectivity index (χ4v) is 3.05. The fourth-order valence-electron chi connectivity index (χ4n) is 3.05. The lowest BCUT2D eigenvalue weighted by Crippen LogP contribution is -2.52. The maximum atomic E-state index is 11.4. The van der Waals surface area contributed by atoms with Crippen molar-refractivity contribution < 1.29 is 9.90 Å². The van der Waals surface area contributed by atoms with Crippen LogP contribution in [-0.4, -0.2) is 47.2 Å². The summed E-state index contributed by atoms with van der Waals surface area (Å²) < 4.78 is 0. The van der Waals surface area contributed by atoms with Gasteiger partial charge in [0.15, 0.2) is 0 Å². The lowest BCUT2D eigenvalue weighted by Gasteiger charge is -2.29. The maximum absolute atomic E-state index is 11.4. The van der Waals surface area contributed by atoms with Gasteiger partial charge >= 0.3 is 5.97 Å². The van der Waals surface area contributed by atoms with Crippen LogP contribution in [0.15, 0.2) is 0 Å². The van der Waals surface area contributed by atoms with E-state index in [1.54, 1.807) is 6.92 Å². The lowest BCUT2D eigenvalue weighted by atomic mass is 9.94. The van der Waals surface area contributed by atoms with Crippen LogP contribution in [0.1, 0.15) is 65.7 Å². The number of hydrogen-bond donors (Lipinski definition) is 2. The molecule has 0 saturated carbocycles. The Morgan fingerprint density at radius 1 is 1.20 bits per heavy atom. The van der Waals surface area contributed by atoms with Crippen molar-refractivity contribution in [2.24, 2.45) is 0 Å². The van der Waals surface area contributed by atoms with Gasteiger partial charge in [0.05, 0.1) is 0 Å². The molecule has 1 rings (SSSR count). The fraction of sp³-hybridized carbons (Fsp3) is 0.938. The molecule has 0 spiro atoms. The summed E-state index contributed by atoms with van der Waals surface area (Å²) in [5, 5.41) is 12.6. The first-order valence-corrected chi connectivity index (χ1v) is 8.17. The van der Waals surface area contributed by atoms with Gasteiger partial charge in [0, 0.05) is 6.04 Å². The lowest BCUT2D eigenvalue weighted by molar-refractivity contribution is -0.144. The van der Waals surface area contributed by atoms with Gasteiger partial charge < -0.3 is 10.0 Å². The van der Waals surface area contributed by atoms with Crippen molar-refractivity contribution in [3.8, 4) is 0 Å². The zero-order valence-corrected chi connectivity index (χ0v) is 13.5. The Morgan fingerprint density at radius 3 is 2.30 bits per heavy atom. The van der Waals surface area contributed by atoms with E-state index in [4.69, 9.17) is 0 Å². The van der Waals surface area contributed by atoms with Gasteiger partial charge in [0.25, 0.3) is 0 Å². The van der Waals surface area contributed by atoms with Crippen LogP contribution in [0.3, 0.4) is 0 Å². The summed E-state index contributed by atoms with van der Waals surface area (Å²) in [6, 6.07) is 0.196. The summed E-state index contributed by atoms with van der Waals surface area (Å²) in [6.45, 7) is 9.37. The highest BCUT2D eigenvalue weighted by Crippen LogP contribution is 2.17. The molecule has 118 valence electrons. The highest BCUT2D eigenvalue weighted by atomic mass is 16.4. The Morgan fingerprint density at radius 2 is 1.80 bits per heavy atom. The first-order chi connectivity index (χ1) is 9.44. The first kappa shape index (κ1) is 17.4. The number of nitrogens with one attached hydrogen (secondary N) is 1. The van der Waals surface area contributed by atoms with Gasteiger partial charge in [-0.25, -0.2) is 0 Å². The van der Waals surface area contributed by atoms with Crippen molar-refractivity contribution in [3.63, 3.8) is 0 Å². The van der Waals surface area contributed by atoms with Gasteiger partial charge in [-0.15, -0.1) is 0 Å². The second kappa shape index (κ2) is 8.63. The van der Waals surface area contributed by atoms with Crippen LogP contribution in [0.5, 0.6) is 0 Å². The second-order valence-corrected chi connectivity index (χ2v) is 6.65. The third-order valence-corrected chi connectivity index (χ3v) is 4.18. The van der Waals surface area contributed by atoms with Crippen LogP contribution in [0, 0.1) is 0 Å². The minimum absolute atomic E-state index is 0.196. The van der Waals surface area contributed by atoms with Crippen LogP contribution in [0.25, 0.3) is 0 Å². The number of aliphatic carboxylic acids is 1. The number of hydrogen-bond acceptors (Lipinski definition) is 3. The Labute approximate surface area is 123 Å². The summed E-state index contributed by atoms with van der Waals surface area (Å²) >= 11 is 0. The number of likely N-dealkylation sites (tertiary alicyclic amines) is 1. The molecular formula is C16H32N2O2. The summed E-state index contributed by atoms with van der Waals surface area (Å²) in [6.07, 6.45) is 8.15. The molecule has 0 aromatic rings. The largest absolute Gasteiger partial charge is 0.480 e. The molecule has 1 aliphatic rings. The van der Waals surface area contributed by atoms with Gasteiger partial charge in [-0.2, -0.15) is 0 Å². The molecule has 1 unspecified atom stereocenters. The molecule has 2 N–H and O–H groups in total. The van der Waals surface area contributed by atoms with Crippen molar-refractivity contribution in [2.75, 3.05) is 19.6 Å². The number of carboxylic acid groups (broad SMARTS) is 1. The van der Waals surface area contributed by atoms with E-state index in [0.717, 1.165) is 19.4 Å².